The first-order valence-electron chi connectivity index (χ1n) is 15.0. The van der Waals surface area contributed by atoms with Crippen molar-refractivity contribution in [3.63, 3.8) is 0 Å². The highest BCUT2D eigenvalue weighted by molar-refractivity contribution is 7.98. The Labute approximate surface area is 261 Å². The van der Waals surface area contributed by atoms with Gasteiger partial charge in [-0.15, -0.1) is 11.8 Å². The zero-order chi connectivity index (χ0) is 31.0. The molecule has 1 aliphatic carbocycles. The van der Waals surface area contributed by atoms with E-state index in [1.165, 1.54) is 18.2 Å². The molecule has 1 saturated carbocycles. The number of carbonyl (C=O) groups excluding carboxylic acids is 2. The van der Waals surface area contributed by atoms with Crippen LogP contribution >= 0.6 is 11.8 Å². The van der Waals surface area contributed by atoms with Crippen LogP contribution in [0.5, 0.6) is 0 Å². The first-order chi connectivity index (χ1) is 20.6. The number of benzene rings is 3. The maximum atomic E-state index is 14.3. The van der Waals surface area contributed by atoms with E-state index in [0.717, 1.165) is 51.6 Å². The van der Waals surface area contributed by atoms with Gasteiger partial charge in [-0.2, -0.15) is 0 Å². The van der Waals surface area contributed by atoms with Crippen molar-refractivity contribution in [1.82, 2.24) is 10.2 Å². The SMILES string of the molecule is CC[C@H](C(=O)NC1CCCCC1)N(Cc1ccc(C)cc1)C(=O)CN(c1ccc(C)cc1)S(=O)(=O)c1ccc(SC)cc1. The lowest BCUT2D eigenvalue weighted by Gasteiger charge is -2.34. The van der Waals surface area contributed by atoms with Crippen molar-refractivity contribution in [3.8, 4) is 0 Å². The van der Waals surface area contributed by atoms with E-state index in [1.807, 2.05) is 63.4 Å². The van der Waals surface area contributed by atoms with Gasteiger partial charge in [0.1, 0.15) is 12.6 Å². The van der Waals surface area contributed by atoms with Gasteiger partial charge in [-0.25, -0.2) is 8.42 Å². The van der Waals surface area contributed by atoms with E-state index >= 15 is 0 Å². The van der Waals surface area contributed by atoms with Gasteiger partial charge in [-0.1, -0.05) is 73.7 Å². The van der Waals surface area contributed by atoms with Crippen molar-refractivity contribution in [2.75, 3.05) is 17.1 Å². The van der Waals surface area contributed by atoms with Gasteiger partial charge >= 0.3 is 0 Å². The summed E-state index contributed by atoms with van der Waals surface area (Å²) in [4.78, 5) is 30.5. The number of amides is 2. The number of nitrogens with one attached hydrogen (secondary N) is 1. The number of hydrogen-bond donors (Lipinski definition) is 1. The van der Waals surface area contributed by atoms with Gasteiger partial charge in [0.25, 0.3) is 10.0 Å². The van der Waals surface area contributed by atoms with E-state index in [0.29, 0.717) is 12.1 Å². The summed E-state index contributed by atoms with van der Waals surface area (Å²) < 4.78 is 29.3. The molecule has 1 N–H and O–H groups in total. The summed E-state index contributed by atoms with van der Waals surface area (Å²) in [5.41, 5.74) is 3.33. The summed E-state index contributed by atoms with van der Waals surface area (Å²) in [7, 11) is -4.10. The molecule has 1 fully saturated rings. The summed E-state index contributed by atoms with van der Waals surface area (Å²) in [5.74, 6) is -0.622. The normalized spacial score (nSPS) is 14.6. The molecular weight excluding hydrogens is 579 g/mol. The summed E-state index contributed by atoms with van der Waals surface area (Å²) >= 11 is 1.52. The molecule has 230 valence electrons. The fourth-order valence-electron chi connectivity index (χ4n) is 5.47. The van der Waals surface area contributed by atoms with Crippen LogP contribution in [0.3, 0.4) is 0 Å². The molecule has 1 aliphatic rings. The van der Waals surface area contributed by atoms with Crippen molar-refractivity contribution >= 4 is 39.3 Å². The van der Waals surface area contributed by atoms with Crippen LogP contribution in [0.2, 0.25) is 0 Å². The lowest BCUT2D eigenvalue weighted by molar-refractivity contribution is -0.140. The predicted molar refractivity (Wildman–Crippen MR) is 175 cm³/mol. The second-order valence-electron chi connectivity index (χ2n) is 11.3. The average molecular weight is 622 g/mol. The highest BCUT2D eigenvalue weighted by Gasteiger charge is 2.34. The van der Waals surface area contributed by atoms with Crippen LogP contribution in [-0.4, -0.2) is 50.0 Å². The quantitative estimate of drug-likeness (QED) is 0.234. The topological polar surface area (TPSA) is 86.8 Å². The number of rotatable bonds is 12. The molecule has 3 aromatic rings. The molecule has 0 heterocycles. The van der Waals surface area contributed by atoms with E-state index in [1.54, 1.807) is 41.3 Å². The molecule has 4 rings (SSSR count). The highest BCUT2D eigenvalue weighted by Crippen LogP contribution is 2.27. The summed E-state index contributed by atoms with van der Waals surface area (Å²) in [6, 6.07) is 21.0. The minimum atomic E-state index is -4.10. The Morgan fingerprint density at radius 2 is 1.47 bits per heavy atom. The predicted octanol–water partition coefficient (Wildman–Crippen LogP) is 6.48. The zero-order valence-electron chi connectivity index (χ0n) is 25.6. The molecule has 0 bridgehead atoms. The third-order valence-electron chi connectivity index (χ3n) is 8.06. The van der Waals surface area contributed by atoms with Gasteiger partial charge < -0.3 is 10.2 Å². The minimum Gasteiger partial charge on any atom is -0.352 e. The molecule has 0 saturated heterocycles. The van der Waals surface area contributed by atoms with Crippen molar-refractivity contribution < 1.29 is 18.0 Å². The first-order valence-corrected chi connectivity index (χ1v) is 17.7. The molecule has 0 unspecified atom stereocenters. The monoisotopic (exact) mass is 621 g/mol. The maximum absolute atomic E-state index is 14.3. The molecule has 7 nitrogen and oxygen atoms in total. The number of thioether (sulfide) groups is 1. The Morgan fingerprint density at radius 1 is 0.884 bits per heavy atom. The number of carbonyl (C=O) groups is 2. The van der Waals surface area contributed by atoms with Crippen molar-refractivity contribution in [2.24, 2.45) is 0 Å². The Kier molecular flexibility index (Phi) is 11.3. The molecule has 2 amide bonds. The first kappa shape index (κ1) is 32.6. The minimum absolute atomic E-state index is 0.0975. The maximum Gasteiger partial charge on any atom is 0.264 e. The third kappa shape index (κ3) is 8.42. The second-order valence-corrected chi connectivity index (χ2v) is 14.0. The smallest absolute Gasteiger partial charge is 0.264 e. The molecule has 9 heteroatoms. The van der Waals surface area contributed by atoms with Crippen LogP contribution in [-0.2, 0) is 26.2 Å². The van der Waals surface area contributed by atoms with E-state index in [4.69, 9.17) is 0 Å². The summed E-state index contributed by atoms with van der Waals surface area (Å²) in [5, 5.41) is 3.19. The van der Waals surface area contributed by atoms with Crippen molar-refractivity contribution in [2.45, 2.75) is 87.7 Å². The number of hydrogen-bond acceptors (Lipinski definition) is 5. The standard InChI is InChI=1S/C34H43N3O4S2/c1-5-32(34(39)35-28-9-7-6-8-10-28)36(23-27-15-11-25(2)12-16-27)33(38)24-37(29-17-13-26(3)14-18-29)43(40,41)31-21-19-30(42-4)20-22-31/h11-22,28,32H,5-10,23-24H2,1-4H3,(H,35,39)/t32-/m1/s1. The number of aryl methyl sites for hydroxylation is 2. The highest BCUT2D eigenvalue weighted by atomic mass is 32.2. The molecule has 0 spiro atoms. The van der Waals surface area contributed by atoms with Gasteiger partial charge in [0, 0.05) is 17.5 Å². The molecule has 43 heavy (non-hydrogen) atoms. The molecular formula is C34H43N3O4S2. The molecule has 3 aromatic carbocycles. The van der Waals surface area contributed by atoms with Gasteiger partial charge in [0.15, 0.2) is 0 Å². The van der Waals surface area contributed by atoms with Gasteiger partial charge in [-0.05, 0) is 81.3 Å². The summed E-state index contributed by atoms with van der Waals surface area (Å²) in [6.07, 6.45) is 7.53. The number of anilines is 1. The van der Waals surface area contributed by atoms with Crippen LogP contribution in [0.4, 0.5) is 5.69 Å². The Morgan fingerprint density at radius 3 is 2.02 bits per heavy atom. The lowest BCUT2D eigenvalue weighted by atomic mass is 9.95. The Balaban J connectivity index is 1.69. The van der Waals surface area contributed by atoms with Crippen LogP contribution in [0, 0.1) is 13.8 Å². The van der Waals surface area contributed by atoms with Crippen molar-refractivity contribution in [3.05, 3.63) is 89.5 Å². The lowest BCUT2D eigenvalue weighted by Crippen LogP contribution is -2.54. The van der Waals surface area contributed by atoms with E-state index in [9.17, 15) is 18.0 Å². The largest absolute Gasteiger partial charge is 0.352 e. The molecule has 1 atom stereocenters. The number of nitrogens with zero attached hydrogens (tertiary/aromatic N) is 2. The van der Waals surface area contributed by atoms with Crippen LogP contribution in [0.15, 0.2) is 82.6 Å². The second kappa shape index (κ2) is 14.9. The summed E-state index contributed by atoms with van der Waals surface area (Å²) in [6.45, 7) is 5.57. The van der Waals surface area contributed by atoms with Crippen LogP contribution in [0.25, 0.3) is 0 Å². The number of sulfonamides is 1. The van der Waals surface area contributed by atoms with E-state index in [2.05, 4.69) is 5.32 Å². The Hall–Kier alpha value is -3.30. The Bertz CT molecular complexity index is 1470. The fourth-order valence-corrected chi connectivity index (χ4v) is 7.29. The molecule has 0 radical (unpaired) electrons. The van der Waals surface area contributed by atoms with Crippen LogP contribution in [0.1, 0.15) is 62.1 Å². The van der Waals surface area contributed by atoms with E-state index < -0.39 is 28.5 Å². The third-order valence-corrected chi connectivity index (χ3v) is 10.6. The van der Waals surface area contributed by atoms with E-state index in [-0.39, 0.29) is 23.4 Å². The fraction of sp³-hybridized carbons (Fsp3) is 0.412. The molecule has 0 aromatic heterocycles. The van der Waals surface area contributed by atoms with Gasteiger partial charge in [0.05, 0.1) is 10.6 Å². The molecule has 0 aliphatic heterocycles. The van der Waals surface area contributed by atoms with Gasteiger partial charge in [0.2, 0.25) is 11.8 Å². The zero-order valence-corrected chi connectivity index (χ0v) is 27.2. The average Bonchev–Trinajstić information content (AvgIpc) is 3.01. The van der Waals surface area contributed by atoms with Crippen molar-refractivity contribution in [1.29, 1.82) is 0 Å². The van der Waals surface area contributed by atoms with Gasteiger partial charge in [-0.3, -0.25) is 13.9 Å². The van der Waals surface area contributed by atoms with Crippen LogP contribution < -0.4 is 9.62 Å².